The second kappa shape index (κ2) is 13.9. The zero-order chi connectivity index (χ0) is 21.5. The van der Waals surface area contributed by atoms with Gasteiger partial charge in [0.05, 0.1) is 29.9 Å². The van der Waals surface area contributed by atoms with Gasteiger partial charge in [0.2, 0.25) is 0 Å². The van der Waals surface area contributed by atoms with Crippen molar-refractivity contribution in [3.8, 4) is 0 Å². The molecule has 0 fully saturated rings. The van der Waals surface area contributed by atoms with Gasteiger partial charge >= 0.3 is 17.9 Å². The Morgan fingerprint density at radius 2 is 1.14 bits per heavy atom. The fourth-order valence-electron chi connectivity index (χ4n) is 2.19. The van der Waals surface area contributed by atoms with Gasteiger partial charge < -0.3 is 14.6 Å². The van der Waals surface area contributed by atoms with Crippen LogP contribution in [-0.2, 0) is 9.47 Å². The predicted molar refractivity (Wildman–Crippen MR) is 110 cm³/mol. The number of rotatable bonds is 9. The number of aromatic carboxylic acids is 1. The second-order valence-corrected chi connectivity index (χ2v) is 6.20. The van der Waals surface area contributed by atoms with Crippen LogP contribution in [0, 0.1) is 0 Å². The largest absolute Gasteiger partial charge is 0.478 e. The first kappa shape index (κ1) is 23.9. The van der Waals surface area contributed by atoms with E-state index in [-0.39, 0.29) is 11.1 Å². The third-order valence-corrected chi connectivity index (χ3v) is 3.85. The average Bonchev–Trinajstić information content (AvgIpc) is 2.75. The van der Waals surface area contributed by atoms with Gasteiger partial charge in [-0.05, 0) is 37.1 Å². The van der Waals surface area contributed by atoms with E-state index in [4.69, 9.17) is 14.6 Å². The SMILES string of the molecule is CCCCOC(=O)c1ccccc1C(=O)OCCCC.O=C(O)c1ccccc1. The molecule has 0 aliphatic carbocycles. The summed E-state index contributed by atoms with van der Waals surface area (Å²) in [6.45, 7) is 4.78. The number of hydrogen-bond donors (Lipinski definition) is 1. The van der Waals surface area contributed by atoms with Gasteiger partial charge in [-0.15, -0.1) is 0 Å². The molecule has 0 spiro atoms. The number of unbranched alkanes of at least 4 members (excludes halogenated alkanes) is 2. The van der Waals surface area contributed by atoms with Crippen molar-refractivity contribution in [1.82, 2.24) is 0 Å². The zero-order valence-electron chi connectivity index (χ0n) is 16.9. The van der Waals surface area contributed by atoms with Crippen molar-refractivity contribution < 1.29 is 29.0 Å². The molecule has 0 saturated carbocycles. The minimum atomic E-state index is -0.879. The Morgan fingerprint density at radius 1 is 0.724 bits per heavy atom. The highest BCUT2D eigenvalue weighted by Gasteiger charge is 2.18. The van der Waals surface area contributed by atoms with E-state index in [0.29, 0.717) is 18.8 Å². The van der Waals surface area contributed by atoms with Crippen molar-refractivity contribution in [3.63, 3.8) is 0 Å². The van der Waals surface area contributed by atoms with E-state index in [1.807, 2.05) is 13.8 Å². The fraction of sp³-hybridized carbons (Fsp3) is 0.348. The number of esters is 2. The normalized spacial score (nSPS) is 9.72. The zero-order valence-corrected chi connectivity index (χ0v) is 16.9. The minimum absolute atomic E-state index is 0.269. The van der Waals surface area contributed by atoms with Crippen LogP contribution in [0.2, 0.25) is 0 Å². The molecule has 0 aliphatic heterocycles. The molecule has 29 heavy (non-hydrogen) atoms. The number of carbonyl (C=O) groups is 3. The van der Waals surface area contributed by atoms with Crippen LogP contribution in [0.15, 0.2) is 54.6 Å². The number of ether oxygens (including phenoxy) is 2. The first-order chi connectivity index (χ1) is 14.0. The Hall–Kier alpha value is -3.15. The Kier molecular flexibility index (Phi) is 11.5. The lowest BCUT2D eigenvalue weighted by molar-refractivity contribution is 0.0452. The van der Waals surface area contributed by atoms with Gasteiger partial charge in [0.15, 0.2) is 0 Å². The van der Waals surface area contributed by atoms with Crippen LogP contribution in [0.4, 0.5) is 0 Å². The molecule has 2 aromatic rings. The summed E-state index contributed by atoms with van der Waals surface area (Å²) in [5.74, 6) is -1.82. The maximum Gasteiger partial charge on any atom is 0.339 e. The second-order valence-electron chi connectivity index (χ2n) is 6.20. The summed E-state index contributed by atoms with van der Waals surface area (Å²) >= 11 is 0. The van der Waals surface area contributed by atoms with E-state index >= 15 is 0 Å². The molecule has 6 heteroatoms. The van der Waals surface area contributed by atoms with Crippen LogP contribution in [-0.4, -0.2) is 36.2 Å². The van der Waals surface area contributed by atoms with Crippen LogP contribution in [0.5, 0.6) is 0 Å². The maximum absolute atomic E-state index is 11.9. The van der Waals surface area contributed by atoms with Crippen molar-refractivity contribution in [2.24, 2.45) is 0 Å². The van der Waals surface area contributed by atoms with Crippen molar-refractivity contribution in [3.05, 3.63) is 71.3 Å². The lowest BCUT2D eigenvalue weighted by Gasteiger charge is -2.09. The first-order valence-electron chi connectivity index (χ1n) is 9.72. The summed E-state index contributed by atoms with van der Waals surface area (Å²) in [6, 6.07) is 14.9. The summed E-state index contributed by atoms with van der Waals surface area (Å²) < 4.78 is 10.3. The van der Waals surface area contributed by atoms with Gasteiger partial charge in [0, 0.05) is 0 Å². The molecule has 0 heterocycles. The van der Waals surface area contributed by atoms with E-state index in [1.165, 1.54) is 0 Å². The molecule has 0 radical (unpaired) electrons. The molecular formula is C23H28O6. The molecule has 0 amide bonds. The third-order valence-electron chi connectivity index (χ3n) is 3.85. The standard InChI is InChI=1S/C16H22O4.C7H6O2/c1-3-5-11-19-15(17)13-9-7-8-10-14(13)16(18)20-12-6-4-2;8-7(9)6-4-2-1-3-5-6/h7-10H,3-6,11-12H2,1-2H3;1-5H,(H,8,9). The predicted octanol–water partition coefficient (Wildman–Crippen LogP) is 4.99. The highest BCUT2D eigenvalue weighted by Crippen LogP contribution is 2.12. The molecule has 0 saturated heterocycles. The summed E-state index contributed by atoms with van der Waals surface area (Å²) in [4.78, 5) is 34.1. The molecule has 2 rings (SSSR count). The lowest BCUT2D eigenvalue weighted by atomic mass is 10.1. The molecule has 0 aromatic heterocycles. The van der Waals surface area contributed by atoms with Gasteiger partial charge in [-0.2, -0.15) is 0 Å². The highest BCUT2D eigenvalue weighted by molar-refractivity contribution is 6.03. The molecular weight excluding hydrogens is 372 g/mol. The highest BCUT2D eigenvalue weighted by atomic mass is 16.5. The molecule has 0 atom stereocenters. The van der Waals surface area contributed by atoms with Crippen LogP contribution >= 0.6 is 0 Å². The molecule has 0 bridgehead atoms. The van der Waals surface area contributed by atoms with Crippen molar-refractivity contribution in [2.75, 3.05) is 13.2 Å². The van der Waals surface area contributed by atoms with Gasteiger partial charge in [-0.25, -0.2) is 14.4 Å². The molecule has 2 aromatic carbocycles. The minimum Gasteiger partial charge on any atom is -0.478 e. The van der Waals surface area contributed by atoms with E-state index < -0.39 is 17.9 Å². The molecule has 0 unspecified atom stereocenters. The molecule has 0 aliphatic rings. The van der Waals surface area contributed by atoms with E-state index in [2.05, 4.69) is 0 Å². The van der Waals surface area contributed by atoms with Crippen LogP contribution in [0.1, 0.15) is 70.6 Å². The average molecular weight is 400 g/mol. The number of hydrogen-bond acceptors (Lipinski definition) is 5. The van der Waals surface area contributed by atoms with Crippen molar-refractivity contribution in [2.45, 2.75) is 39.5 Å². The number of carboxylic acid groups (broad SMARTS) is 1. The monoisotopic (exact) mass is 400 g/mol. The lowest BCUT2D eigenvalue weighted by Crippen LogP contribution is -2.14. The Morgan fingerprint density at radius 3 is 1.48 bits per heavy atom. The van der Waals surface area contributed by atoms with Crippen molar-refractivity contribution >= 4 is 17.9 Å². The maximum atomic E-state index is 11.9. The van der Waals surface area contributed by atoms with E-state index in [9.17, 15) is 14.4 Å². The van der Waals surface area contributed by atoms with E-state index in [0.717, 1.165) is 25.7 Å². The number of carboxylic acids is 1. The quantitative estimate of drug-likeness (QED) is 0.471. The summed E-state index contributed by atoms with van der Waals surface area (Å²) in [6.07, 6.45) is 3.53. The summed E-state index contributed by atoms with van der Waals surface area (Å²) in [7, 11) is 0. The number of benzene rings is 2. The van der Waals surface area contributed by atoms with Gasteiger partial charge in [0.1, 0.15) is 0 Å². The van der Waals surface area contributed by atoms with Gasteiger partial charge in [-0.1, -0.05) is 57.0 Å². The Balaban J connectivity index is 0.000000387. The fourth-order valence-corrected chi connectivity index (χ4v) is 2.19. The summed E-state index contributed by atoms with van der Waals surface area (Å²) in [5.41, 5.74) is 0.868. The molecule has 156 valence electrons. The van der Waals surface area contributed by atoms with Crippen LogP contribution < -0.4 is 0 Å². The van der Waals surface area contributed by atoms with Gasteiger partial charge in [-0.3, -0.25) is 0 Å². The molecule has 6 nitrogen and oxygen atoms in total. The van der Waals surface area contributed by atoms with Gasteiger partial charge in [0.25, 0.3) is 0 Å². The van der Waals surface area contributed by atoms with Crippen molar-refractivity contribution in [1.29, 1.82) is 0 Å². The number of carbonyl (C=O) groups excluding carboxylic acids is 2. The Bertz CT molecular complexity index is 729. The van der Waals surface area contributed by atoms with Crippen LogP contribution in [0.3, 0.4) is 0 Å². The Labute approximate surface area is 171 Å². The van der Waals surface area contributed by atoms with Crippen LogP contribution in [0.25, 0.3) is 0 Å². The smallest absolute Gasteiger partial charge is 0.339 e. The topological polar surface area (TPSA) is 89.9 Å². The summed E-state index contributed by atoms with van der Waals surface area (Å²) in [5, 5.41) is 8.38. The molecule has 1 N–H and O–H groups in total. The van der Waals surface area contributed by atoms with E-state index in [1.54, 1.807) is 54.6 Å². The third kappa shape index (κ3) is 9.06. The first-order valence-corrected chi connectivity index (χ1v) is 9.72.